The van der Waals surface area contributed by atoms with Crippen LogP contribution in [0.15, 0.2) is 47.8 Å². The first-order valence-corrected chi connectivity index (χ1v) is 7.63. The van der Waals surface area contributed by atoms with Crippen LogP contribution in [0.2, 0.25) is 0 Å². The zero-order chi connectivity index (χ0) is 13.1. The lowest BCUT2D eigenvalue weighted by atomic mass is 9.99. The molecule has 0 unspecified atom stereocenters. The summed E-state index contributed by atoms with van der Waals surface area (Å²) >= 11 is 1.75. The lowest BCUT2D eigenvalue weighted by molar-refractivity contribution is 0.0616. The average Bonchev–Trinajstić information content (AvgIpc) is 3.01. The minimum absolute atomic E-state index is 0.165. The number of thiophene rings is 1. The van der Waals surface area contributed by atoms with Crippen LogP contribution in [-0.2, 0) is 0 Å². The molecule has 0 radical (unpaired) electrons. The number of carbonyl (C=O) groups is 1. The molecule has 1 aromatic heterocycles. The third kappa shape index (κ3) is 2.56. The lowest BCUT2D eigenvalue weighted by Gasteiger charge is -2.35. The molecule has 0 bridgehead atoms. The Hall–Kier alpha value is -1.61. The molecule has 1 aromatic carbocycles. The Bertz CT molecular complexity index is 535. The summed E-state index contributed by atoms with van der Waals surface area (Å²) in [5, 5.41) is 2.09. The van der Waals surface area contributed by atoms with Crippen LogP contribution in [0.3, 0.4) is 0 Å². The minimum Gasteiger partial charge on any atom is -0.331 e. The molecule has 2 aromatic rings. The van der Waals surface area contributed by atoms with Gasteiger partial charge in [0.05, 0.1) is 6.04 Å². The van der Waals surface area contributed by atoms with Gasteiger partial charge in [-0.2, -0.15) is 0 Å². The molecule has 0 N–H and O–H groups in total. The molecule has 0 aliphatic carbocycles. The minimum atomic E-state index is 0.165. The largest absolute Gasteiger partial charge is 0.331 e. The van der Waals surface area contributed by atoms with E-state index in [1.165, 1.54) is 11.3 Å². The first kappa shape index (κ1) is 12.4. The van der Waals surface area contributed by atoms with E-state index in [4.69, 9.17) is 0 Å². The molecule has 3 rings (SSSR count). The molecule has 2 nitrogen and oxygen atoms in total. The van der Waals surface area contributed by atoms with Gasteiger partial charge in [-0.05, 0) is 42.8 Å². The van der Waals surface area contributed by atoms with Crippen molar-refractivity contribution in [2.24, 2.45) is 0 Å². The van der Waals surface area contributed by atoms with Gasteiger partial charge in [-0.25, -0.2) is 0 Å². The molecule has 2 heterocycles. The van der Waals surface area contributed by atoms with Gasteiger partial charge in [0.25, 0.3) is 5.91 Å². The average molecular weight is 271 g/mol. The van der Waals surface area contributed by atoms with E-state index in [0.29, 0.717) is 0 Å². The van der Waals surface area contributed by atoms with E-state index in [9.17, 15) is 4.79 Å². The Kier molecular flexibility index (Phi) is 3.65. The summed E-state index contributed by atoms with van der Waals surface area (Å²) in [6.07, 6.45) is 3.40. The van der Waals surface area contributed by atoms with Gasteiger partial charge in [-0.15, -0.1) is 11.3 Å². The Morgan fingerprint density at radius 1 is 1.11 bits per heavy atom. The van der Waals surface area contributed by atoms with Crippen LogP contribution < -0.4 is 0 Å². The summed E-state index contributed by atoms with van der Waals surface area (Å²) < 4.78 is 0. The number of likely N-dealkylation sites (tertiary alicyclic amines) is 1. The van der Waals surface area contributed by atoms with Crippen LogP contribution in [0.4, 0.5) is 0 Å². The van der Waals surface area contributed by atoms with Crippen molar-refractivity contribution in [2.75, 3.05) is 6.54 Å². The maximum Gasteiger partial charge on any atom is 0.254 e. The zero-order valence-corrected chi connectivity index (χ0v) is 11.6. The topological polar surface area (TPSA) is 20.3 Å². The van der Waals surface area contributed by atoms with Crippen molar-refractivity contribution in [3.8, 4) is 0 Å². The number of carbonyl (C=O) groups excluding carboxylic acids is 1. The molecule has 3 heteroatoms. The fourth-order valence-corrected chi connectivity index (χ4v) is 3.57. The number of amides is 1. The standard InChI is InChI=1S/C16H17NOS/c18-16(13-7-2-1-3-8-13)17-11-5-4-9-14(17)15-10-6-12-19-15/h1-3,6-8,10,12,14H,4-5,9,11H2/t14-/m0/s1. The predicted octanol–water partition coefficient (Wildman–Crippen LogP) is 4.12. The van der Waals surface area contributed by atoms with Crippen LogP contribution in [0.25, 0.3) is 0 Å². The summed E-state index contributed by atoms with van der Waals surface area (Å²) in [7, 11) is 0. The zero-order valence-electron chi connectivity index (χ0n) is 10.8. The second kappa shape index (κ2) is 5.57. The summed E-state index contributed by atoms with van der Waals surface area (Å²) in [6.45, 7) is 0.871. The molecule has 1 saturated heterocycles. The highest BCUT2D eigenvalue weighted by atomic mass is 32.1. The van der Waals surface area contributed by atoms with Crippen molar-refractivity contribution in [1.29, 1.82) is 0 Å². The SMILES string of the molecule is O=C(c1ccccc1)N1CCCC[C@H]1c1cccs1. The molecule has 0 spiro atoms. The van der Waals surface area contributed by atoms with Gasteiger partial charge in [-0.1, -0.05) is 24.3 Å². The first-order valence-electron chi connectivity index (χ1n) is 6.75. The van der Waals surface area contributed by atoms with Crippen LogP contribution in [0.5, 0.6) is 0 Å². The fourth-order valence-electron chi connectivity index (χ4n) is 2.70. The Morgan fingerprint density at radius 2 is 1.95 bits per heavy atom. The fraction of sp³-hybridized carbons (Fsp3) is 0.312. The molecular formula is C16H17NOS. The lowest BCUT2D eigenvalue weighted by Crippen LogP contribution is -2.38. The van der Waals surface area contributed by atoms with Crippen molar-refractivity contribution in [3.63, 3.8) is 0 Å². The Morgan fingerprint density at radius 3 is 2.68 bits per heavy atom. The van der Waals surface area contributed by atoms with E-state index in [1.807, 2.05) is 35.2 Å². The third-order valence-corrected chi connectivity index (χ3v) is 4.63. The Labute approximate surface area is 117 Å². The number of benzene rings is 1. The van der Waals surface area contributed by atoms with Gasteiger partial charge < -0.3 is 4.90 Å². The number of hydrogen-bond acceptors (Lipinski definition) is 2. The van der Waals surface area contributed by atoms with Gasteiger partial charge in [-0.3, -0.25) is 4.79 Å². The van der Waals surface area contributed by atoms with E-state index in [2.05, 4.69) is 17.5 Å². The van der Waals surface area contributed by atoms with Gasteiger partial charge in [0.2, 0.25) is 0 Å². The summed E-state index contributed by atoms with van der Waals surface area (Å²) in [6, 6.07) is 14.1. The summed E-state index contributed by atoms with van der Waals surface area (Å²) in [4.78, 5) is 16.0. The molecule has 0 saturated carbocycles. The molecular weight excluding hydrogens is 254 g/mol. The van der Waals surface area contributed by atoms with E-state index in [0.717, 1.165) is 24.9 Å². The predicted molar refractivity (Wildman–Crippen MR) is 78.4 cm³/mol. The van der Waals surface area contributed by atoms with Crippen LogP contribution in [-0.4, -0.2) is 17.4 Å². The number of rotatable bonds is 2. The van der Waals surface area contributed by atoms with Crippen molar-refractivity contribution in [1.82, 2.24) is 4.90 Å². The van der Waals surface area contributed by atoms with Crippen molar-refractivity contribution in [3.05, 3.63) is 58.3 Å². The van der Waals surface area contributed by atoms with E-state index >= 15 is 0 Å². The maximum absolute atomic E-state index is 12.6. The van der Waals surface area contributed by atoms with Crippen molar-refractivity contribution < 1.29 is 4.79 Å². The van der Waals surface area contributed by atoms with E-state index < -0.39 is 0 Å². The molecule has 98 valence electrons. The van der Waals surface area contributed by atoms with Gasteiger partial charge in [0, 0.05) is 17.0 Å². The molecule has 19 heavy (non-hydrogen) atoms. The van der Waals surface area contributed by atoms with E-state index in [1.54, 1.807) is 11.3 Å². The molecule has 1 amide bonds. The van der Waals surface area contributed by atoms with Crippen molar-refractivity contribution >= 4 is 17.2 Å². The van der Waals surface area contributed by atoms with Gasteiger partial charge in [0.15, 0.2) is 0 Å². The van der Waals surface area contributed by atoms with Crippen LogP contribution in [0, 0.1) is 0 Å². The highest BCUT2D eigenvalue weighted by Crippen LogP contribution is 2.34. The second-order valence-electron chi connectivity index (χ2n) is 4.89. The molecule has 1 atom stereocenters. The highest BCUT2D eigenvalue weighted by molar-refractivity contribution is 7.10. The quantitative estimate of drug-likeness (QED) is 0.804. The van der Waals surface area contributed by atoms with Gasteiger partial charge in [0.1, 0.15) is 0 Å². The van der Waals surface area contributed by atoms with Crippen molar-refractivity contribution in [2.45, 2.75) is 25.3 Å². The summed E-state index contributed by atoms with van der Waals surface area (Å²) in [5.74, 6) is 0.165. The highest BCUT2D eigenvalue weighted by Gasteiger charge is 2.28. The summed E-state index contributed by atoms with van der Waals surface area (Å²) in [5.41, 5.74) is 0.797. The molecule has 1 fully saturated rings. The van der Waals surface area contributed by atoms with Crippen LogP contribution in [0.1, 0.15) is 40.5 Å². The smallest absolute Gasteiger partial charge is 0.254 e. The third-order valence-electron chi connectivity index (χ3n) is 3.66. The van der Waals surface area contributed by atoms with E-state index in [-0.39, 0.29) is 11.9 Å². The maximum atomic E-state index is 12.6. The second-order valence-corrected chi connectivity index (χ2v) is 5.87. The Balaban J connectivity index is 1.87. The molecule has 1 aliphatic heterocycles. The number of nitrogens with zero attached hydrogens (tertiary/aromatic N) is 1. The monoisotopic (exact) mass is 271 g/mol. The first-order chi connectivity index (χ1) is 9.36. The van der Waals surface area contributed by atoms with Gasteiger partial charge >= 0.3 is 0 Å². The van der Waals surface area contributed by atoms with Crippen LogP contribution >= 0.6 is 11.3 Å². The molecule has 1 aliphatic rings. The normalized spacial score (nSPS) is 19.4. The number of piperidine rings is 1. The number of hydrogen-bond donors (Lipinski definition) is 0.